The molecule has 2 aromatic heterocycles. The minimum absolute atomic E-state index is 0.0750. The fourth-order valence-corrected chi connectivity index (χ4v) is 5.32. The first-order chi connectivity index (χ1) is 14.5. The number of hydrogen-bond acceptors (Lipinski definition) is 3. The summed E-state index contributed by atoms with van der Waals surface area (Å²) < 4.78 is 29.2. The highest BCUT2D eigenvalue weighted by atomic mass is 19.2. The molecule has 2 heterocycles. The first kappa shape index (κ1) is 19.2. The number of carbonyl (C=O) groups is 1. The van der Waals surface area contributed by atoms with Gasteiger partial charge in [0.2, 0.25) is 0 Å². The van der Waals surface area contributed by atoms with Crippen LogP contribution in [0.1, 0.15) is 48.3 Å². The van der Waals surface area contributed by atoms with Crippen LogP contribution >= 0.6 is 0 Å². The lowest BCUT2D eigenvalue weighted by molar-refractivity contribution is 0.0926. The van der Waals surface area contributed by atoms with Crippen LogP contribution in [0.5, 0.6) is 0 Å². The molecule has 2 fully saturated rings. The summed E-state index contributed by atoms with van der Waals surface area (Å²) in [5, 5.41) is 3.20. The van der Waals surface area contributed by atoms with Crippen LogP contribution < -0.4 is 5.32 Å². The number of pyridine rings is 1. The number of carbonyl (C=O) groups excluding carboxylic acids is 1. The second kappa shape index (κ2) is 7.15. The molecule has 1 amide bonds. The van der Waals surface area contributed by atoms with Gasteiger partial charge in [0.25, 0.3) is 5.91 Å². The number of amides is 1. The molecule has 1 N–H and O–H groups in total. The molecule has 30 heavy (non-hydrogen) atoms. The van der Waals surface area contributed by atoms with Gasteiger partial charge in [-0.15, -0.1) is 0 Å². The fourth-order valence-electron chi connectivity index (χ4n) is 5.32. The van der Waals surface area contributed by atoms with Crippen molar-refractivity contribution in [1.82, 2.24) is 19.9 Å². The van der Waals surface area contributed by atoms with E-state index in [0.717, 1.165) is 31.0 Å². The number of imidazole rings is 1. The maximum atomic E-state index is 13.7. The molecule has 7 heteroatoms. The van der Waals surface area contributed by atoms with E-state index < -0.39 is 11.6 Å². The minimum atomic E-state index is -0.868. The van der Waals surface area contributed by atoms with Gasteiger partial charge in [-0.05, 0) is 56.1 Å². The summed E-state index contributed by atoms with van der Waals surface area (Å²) >= 11 is 0. The fraction of sp³-hybridized carbons (Fsp3) is 0.435. The average Bonchev–Trinajstić information content (AvgIpc) is 3.04. The monoisotopic (exact) mass is 410 g/mol. The predicted octanol–water partition coefficient (Wildman–Crippen LogP) is 4.42. The van der Waals surface area contributed by atoms with Crippen molar-refractivity contribution >= 4 is 16.9 Å². The Morgan fingerprint density at radius 3 is 2.60 bits per heavy atom. The maximum absolute atomic E-state index is 13.7. The second-order valence-corrected chi connectivity index (χ2v) is 8.61. The number of nitrogens with zero attached hydrogens (tertiary/aromatic N) is 3. The number of fused-ring (bicyclic) bond motifs is 2. The quantitative estimate of drug-likeness (QED) is 0.677. The van der Waals surface area contributed by atoms with Crippen LogP contribution in [-0.4, -0.2) is 26.5 Å². The van der Waals surface area contributed by atoms with Gasteiger partial charge in [0.1, 0.15) is 0 Å². The SMILES string of the molecule is CC[C@@H](NC(=O)c1ccc(C)nc1)[C@H]1[C@@H]2C[C@@H](n3cnc4cc(F)c(F)cc43)C[C@@H]21. The molecule has 2 aliphatic rings. The highest BCUT2D eigenvalue weighted by molar-refractivity contribution is 5.94. The Kier molecular flexibility index (Phi) is 4.56. The third kappa shape index (κ3) is 3.16. The van der Waals surface area contributed by atoms with E-state index in [1.807, 2.05) is 17.6 Å². The lowest BCUT2D eigenvalue weighted by atomic mass is 9.99. The van der Waals surface area contributed by atoms with E-state index in [-0.39, 0.29) is 18.0 Å². The number of hydrogen-bond donors (Lipinski definition) is 1. The number of benzene rings is 1. The normalized spacial score (nSPS) is 25.9. The van der Waals surface area contributed by atoms with E-state index in [9.17, 15) is 13.6 Å². The molecule has 0 bridgehead atoms. The number of aryl methyl sites for hydroxylation is 1. The third-order valence-corrected chi connectivity index (χ3v) is 6.89. The summed E-state index contributed by atoms with van der Waals surface area (Å²) in [6, 6.07) is 6.42. The van der Waals surface area contributed by atoms with Crippen molar-refractivity contribution in [3.8, 4) is 0 Å². The predicted molar refractivity (Wildman–Crippen MR) is 109 cm³/mol. The summed E-state index contributed by atoms with van der Waals surface area (Å²) in [7, 11) is 0. The van der Waals surface area contributed by atoms with Crippen molar-refractivity contribution in [3.05, 3.63) is 59.7 Å². The largest absolute Gasteiger partial charge is 0.349 e. The number of halogens is 2. The zero-order valence-corrected chi connectivity index (χ0v) is 17.0. The van der Waals surface area contributed by atoms with Crippen LogP contribution in [0.25, 0.3) is 11.0 Å². The Morgan fingerprint density at radius 2 is 1.93 bits per heavy atom. The number of aromatic nitrogens is 3. The molecule has 0 spiro atoms. The van der Waals surface area contributed by atoms with Gasteiger partial charge in [-0.2, -0.15) is 0 Å². The van der Waals surface area contributed by atoms with Crippen molar-refractivity contribution in [1.29, 1.82) is 0 Å². The molecular weight excluding hydrogens is 386 g/mol. The average molecular weight is 410 g/mol. The van der Waals surface area contributed by atoms with Crippen LogP contribution in [0, 0.1) is 36.3 Å². The van der Waals surface area contributed by atoms with Crippen molar-refractivity contribution in [2.75, 3.05) is 0 Å². The van der Waals surface area contributed by atoms with Gasteiger partial charge in [0, 0.05) is 36.1 Å². The summed E-state index contributed by atoms with van der Waals surface area (Å²) in [5.74, 6) is -0.234. The van der Waals surface area contributed by atoms with Crippen molar-refractivity contribution in [2.45, 2.75) is 45.2 Å². The van der Waals surface area contributed by atoms with Crippen LogP contribution in [0.2, 0.25) is 0 Å². The zero-order chi connectivity index (χ0) is 21.0. The van der Waals surface area contributed by atoms with E-state index in [1.165, 1.54) is 6.07 Å². The van der Waals surface area contributed by atoms with Gasteiger partial charge >= 0.3 is 0 Å². The lowest BCUT2D eigenvalue weighted by Crippen LogP contribution is -2.37. The molecule has 0 radical (unpaired) electrons. The lowest BCUT2D eigenvalue weighted by Gasteiger charge is -2.22. The standard InChI is InChI=1S/C23H24F2N4O/c1-3-19(28-23(30)13-5-4-12(2)26-10-13)22-15-6-14(7-16(15)22)29-11-27-20-8-17(24)18(25)9-21(20)29/h4-5,8-11,14-16,19,22H,3,6-7H2,1-2H3,(H,28,30)/t14-,15-,16+,19-,22+/m1/s1. The highest BCUT2D eigenvalue weighted by Gasteiger charge is 2.59. The van der Waals surface area contributed by atoms with Gasteiger partial charge in [0.15, 0.2) is 11.6 Å². The van der Waals surface area contributed by atoms with E-state index in [1.54, 1.807) is 18.6 Å². The Balaban J connectivity index is 1.26. The third-order valence-electron chi connectivity index (χ3n) is 6.89. The Bertz CT molecular complexity index is 1100. The van der Waals surface area contributed by atoms with Crippen LogP contribution in [-0.2, 0) is 0 Å². The van der Waals surface area contributed by atoms with Gasteiger partial charge in [-0.25, -0.2) is 13.8 Å². The molecule has 0 saturated heterocycles. The summed E-state index contributed by atoms with van der Waals surface area (Å²) in [5.41, 5.74) is 2.60. The summed E-state index contributed by atoms with van der Waals surface area (Å²) in [4.78, 5) is 21.1. The number of rotatable bonds is 5. The van der Waals surface area contributed by atoms with Gasteiger partial charge in [-0.1, -0.05) is 6.92 Å². The van der Waals surface area contributed by atoms with Gasteiger partial charge in [0.05, 0.1) is 22.9 Å². The van der Waals surface area contributed by atoms with Crippen LogP contribution in [0.15, 0.2) is 36.8 Å². The second-order valence-electron chi connectivity index (χ2n) is 8.61. The van der Waals surface area contributed by atoms with Crippen LogP contribution in [0.4, 0.5) is 8.78 Å². The topological polar surface area (TPSA) is 59.8 Å². The molecular formula is C23H24F2N4O. The van der Waals surface area contributed by atoms with Crippen molar-refractivity contribution in [2.24, 2.45) is 17.8 Å². The molecule has 5 nitrogen and oxygen atoms in total. The molecule has 5 atom stereocenters. The Hall–Kier alpha value is -2.83. The molecule has 0 unspecified atom stereocenters. The summed E-state index contributed by atoms with van der Waals surface area (Å²) in [6.45, 7) is 4.00. The summed E-state index contributed by atoms with van der Waals surface area (Å²) in [6.07, 6.45) is 6.13. The molecule has 5 rings (SSSR count). The van der Waals surface area contributed by atoms with Crippen molar-refractivity contribution in [3.63, 3.8) is 0 Å². The maximum Gasteiger partial charge on any atom is 0.253 e. The molecule has 156 valence electrons. The smallest absolute Gasteiger partial charge is 0.253 e. The first-order valence-corrected chi connectivity index (χ1v) is 10.5. The van der Waals surface area contributed by atoms with Gasteiger partial charge in [-0.3, -0.25) is 9.78 Å². The van der Waals surface area contributed by atoms with E-state index in [2.05, 4.69) is 22.2 Å². The van der Waals surface area contributed by atoms with Crippen LogP contribution in [0.3, 0.4) is 0 Å². The minimum Gasteiger partial charge on any atom is -0.349 e. The van der Waals surface area contributed by atoms with E-state index in [0.29, 0.717) is 34.4 Å². The number of nitrogens with one attached hydrogen (secondary N) is 1. The molecule has 0 aliphatic heterocycles. The van der Waals surface area contributed by atoms with Gasteiger partial charge < -0.3 is 9.88 Å². The highest BCUT2D eigenvalue weighted by Crippen LogP contribution is 2.62. The zero-order valence-electron chi connectivity index (χ0n) is 17.0. The Morgan fingerprint density at radius 1 is 1.20 bits per heavy atom. The molecule has 2 saturated carbocycles. The molecule has 2 aliphatic carbocycles. The van der Waals surface area contributed by atoms with Crippen molar-refractivity contribution < 1.29 is 13.6 Å². The Labute approximate surface area is 173 Å². The molecule has 1 aromatic carbocycles. The first-order valence-electron chi connectivity index (χ1n) is 10.5. The molecule has 3 aromatic rings. The van der Waals surface area contributed by atoms with E-state index >= 15 is 0 Å². The van der Waals surface area contributed by atoms with E-state index in [4.69, 9.17) is 0 Å².